The van der Waals surface area contributed by atoms with E-state index < -0.39 is 0 Å². The van der Waals surface area contributed by atoms with Crippen LogP contribution in [0.1, 0.15) is 17.5 Å². The number of hydrogen-bond donors (Lipinski definition) is 2. The number of H-pyrrole nitrogens is 2. The third kappa shape index (κ3) is 4.78. The Morgan fingerprint density at radius 1 is 0.595 bits per heavy atom. The number of benzene rings is 4. The van der Waals surface area contributed by atoms with Crippen molar-refractivity contribution in [2.75, 3.05) is 13.2 Å². The number of nitrogens with zero attached hydrogens (tertiary/aromatic N) is 2. The van der Waals surface area contributed by atoms with E-state index in [1.165, 1.54) is 11.1 Å². The summed E-state index contributed by atoms with van der Waals surface area (Å²) >= 11 is 0. The number of rotatable bonds is 8. The van der Waals surface area contributed by atoms with Gasteiger partial charge in [0.25, 0.3) is 0 Å². The highest BCUT2D eigenvalue weighted by atomic mass is 16.5. The van der Waals surface area contributed by atoms with Crippen molar-refractivity contribution in [3.05, 3.63) is 96.1 Å². The van der Waals surface area contributed by atoms with Crippen LogP contribution in [0.4, 0.5) is 0 Å². The van der Waals surface area contributed by atoms with Gasteiger partial charge < -0.3 is 19.4 Å². The van der Waals surface area contributed by atoms with E-state index in [4.69, 9.17) is 19.4 Å². The first-order valence-electron chi connectivity index (χ1n) is 12.5. The zero-order chi connectivity index (χ0) is 25.2. The number of para-hydroxylation sites is 2. The van der Waals surface area contributed by atoms with E-state index in [1.54, 1.807) is 0 Å². The first kappa shape index (κ1) is 22.9. The van der Waals surface area contributed by atoms with Crippen molar-refractivity contribution in [2.24, 2.45) is 0 Å². The monoisotopic (exact) mass is 488 g/mol. The van der Waals surface area contributed by atoms with Crippen LogP contribution in [0.5, 0.6) is 11.5 Å². The van der Waals surface area contributed by atoms with Gasteiger partial charge in [-0.25, -0.2) is 9.97 Å². The lowest BCUT2D eigenvalue weighted by Crippen LogP contribution is -2.06. The highest BCUT2D eigenvalue weighted by Crippen LogP contribution is 2.31. The third-order valence-corrected chi connectivity index (χ3v) is 6.36. The normalized spacial score (nSPS) is 11.3. The van der Waals surface area contributed by atoms with E-state index in [0.717, 1.165) is 62.8 Å². The topological polar surface area (TPSA) is 75.8 Å². The Kier molecular flexibility index (Phi) is 6.06. The smallest absolute Gasteiger partial charge is 0.142 e. The molecule has 6 nitrogen and oxygen atoms in total. The third-order valence-electron chi connectivity index (χ3n) is 6.36. The minimum Gasteiger partial charge on any atom is -0.493 e. The Morgan fingerprint density at radius 3 is 1.54 bits per heavy atom. The van der Waals surface area contributed by atoms with Crippen LogP contribution in [0, 0.1) is 13.8 Å². The molecule has 0 unspecified atom stereocenters. The maximum atomic E-state index is 6.16. The zero-order valence-corrected chi connectivity index (χ0v) is 20.9. The van der Waals surface area contributed by atoms with Crippen LogP contribution in [0.25, 0.3) is 44.8 Å². The molecule has 184 valence electrons. The van der Waals surface area contributed by atoms with Gasteiger partial charge in [0.05, 0.1) is 46.4 Å². The van der Waals surface area contributed by atoms with Crippen molar-refractivity contribution in [2.45, 2.75) is 20.3 Å². The van der Waals surface area contributed by atoms with Crippen LogP contribution < -0.4 is 9.47 Å². The summed E-state index contributed by atoms with van der Waals surface area (Å²) < 4.78 is 12.3. The summed E-state index contributed by atoms with van der Waals surface area (Å²) in [5.41, 5.74) is 8.23. The van der Waals surface area contributed by atoms with E-state index in [0.29, 0.717) is 13.2 Å². The molecule has 2 aromatic heterocycles. The lowest BCUT2D eigenvalue weighted by Gasteiger charge is -2.12. The Hall–Kier alpha value is -4.58. The van der Waals surface area contributed by atoms with Gasteiger partial charge in [0.1, 0.15) is 23.1 Å². The summed E-state index contributed by atoms with van der Waals surface area (Å²) in [6, 6.07) is 28.4. The predicted molar refractivity (Wildman–Crippen MR) is 148 cm³/mol. The van der Waals surface area contributed by atoms with Gasteiger partial charge in [-0.3, -0.25) is 0 Å². The molecule has 0 amide bonds. The van der Waals surface area contributed by atoms with Crippen LogP contribution in [0.2, 0.25) is 0 Å². The van der Waals surface area contributed by atoms with E-state index >= 15 is 0 Å². The Bertz CT molecular complexity index is 1570. The number of aromatic amines is 2. The second-order valence-electron chi connectivity index (χ2n) is 9.25. The molecule has 6 heteroatoms. The van der Waals surface area contributed by atoms with Gasteiger partial charge in [0, 0.05) is 6.42 Å². The Morgan fingerprint density at radius 2 is 1.05 bits per heavy atom. The SMILES string of the molecule is Cc1ccc2nc(-c3ccccc3OCCCOc3ccccc3-c3nc4ccc(C)cc4[nH]3)[nH]c2c1. The largest absolute Gasteiger partial charge is 0.493 e. The molecule has 0 atom stereocenters. The molecule has 37 heavy (non-hydrogen) atoms. The molecule has 0 aliphatic rings. The number of aromatic nitrogens is 4. The van der Waals surface area contributed by atoms with Crippen LogP contribution in [0.3, 0.4) is 0 Å². The number of fused-ring (bicyclic) bond motifs is 2. The molecule has 6 rings (SSSR count). The van der Waals surface area contributed by atoms with Gasteiger partial charge in [-0.2, -0.15) is 0 Å². The highest BCUT2D eigenvalue weighted by molar-refractivity contribution is 5.82. The molecule has 2 heterocycles. The quantitative estimate of drug-likeness (QED) is 0.222. The molecule has 0 radical (unpaired) electrons. The van der Waals surface area contributed by atoms with E-state index in [2.05, 4.69) is 48.1 Å². The lowest BCUT2D eigenvalue weighted by atomic mass is 10.2. The first-order valence-corrected chi connectivity index (χ1v) is 12.5. The second kappa shape index (κ2) is 9.82. The summed E-state index contributed by atoms with van der Waals surface area (Å²) in [5, 5.41) is 0. The van der Waals surface area contributed by atoms with Crippen LogP contribution in [-0.2, 0) is 0 Å². The van der Waals surface area contributed by atoms with Crippen molar-refractivity contribution in [3.63, 3.8) is 0 Å². The van der Waals surface area contributed by atoms with E-state index in [9.17, 15) is 0 Å². The average molecular weight is 489 g/mol. The van der Waals surface area contributed by atoms with Crippen molar-refractivity contribution in [1.82, 2.24) is 19.9 Å². The van der Waals surface area contributed by atoms with Crippen molar-refractivity contribution in [3.8, 4) is 34.3 Å². The maximum Gasteiger partial charge on any atom is 0.142 e. The van der Waals surface area contributed by atoms with Crippen LogP contribution >= 0.6 is 0 Å². The van der Waals surface area contributed by atoms with Crippen molar-refractivity contribution < 1.29 is 9.47 Å². The Labute approximate surface area is 215 Å². The zero-order valence-electron chi connectivity index (χ0n) is 20.9. The molecule has 0 aliphatic carbocycles. The fraction of sp³-hybridized carbons (Fsp3) is 0.161. The highest BCUT2D eigenvalue weighted by Gasteiger charge is 2.13. The second-order valence-corrected chi connectivity index (χ2v) is 9.25. The molecular formula is C31H28N4O2. The molecule has 6 aromatic rings. The maximum absolute atomic E-state index is 6.16. The van der Waals surface area contributed by atoms with Gasteiger partial charge in [0.2, 0.25) is 0 Å². The molecule has 0 bridgehead atoms. The lowest BCUT2D eigenvalue weighted by molar-refractivity contribution is 0.248. The van der Waals surface area contributed by atoms with Gasteiger partial charge in [-0.15, -0.1) is 0 Å². The van der Waals surface area contributed by atoms with Crippen molar-refractivity contribution in [1.29, 1.82) is 0 Å². The van der Waals surface area contributed by atoms with Crippen molar-refractivity contribution >= 4 is 22.1 Å². The number of hydrogen-bond acceptors (Lipinski definition) is 4. The number of ether oxygens (including phenoxy) is 2. The van der Waals surface area contributed by atoms with E-state index in [1.807, 2.05) is 60.7 Å². The van der Waals surface area contributed by atoms with Crippen LogP contribution in [0.15, 0.2) is 84.9 Å². The van der Waals surface area contributed by atoms with Gasteiger partial charge in [-0.1, -0.05) is 36.4 Å². The average Bonchev–Trinajstić information content (AvgIpc) is 3.52. The fourth-order valence-electron chi connectivity index (χ4n) is 4.50. The molecule has 4 aromatic carbocycles. The number of nitrogens with one attached hydrogen (secondary N) is 2. The summed E-state index contributed by atoms with van der Waals surface area (Å²) in [5.74, 6) is 3.22. The standard InChI is InChI=1S/C31H28N4O2/c1-20-12-14-24-26(18-20)34-30(32-24)22-8-3-5-10-28(22)36-16-7-17-37-29-11-6-4-9-23(29)31-33-25-15-13-21(2)19-27(25)35-31/h3-6,8-15,18-19H,7,16-17H2,1-2H3,(H,32,34)(H,33,35). The molecule has 0 spiro atoms. The number of aryl methyl sites for hydroxylation is 2. The Balaban J connectivity index is 1.11. The number of imidazole rings is 2. The van der Waals surface area contributed by atoms with Gasteiger partial charge in [-0.05, 0) is 73.5 Å². The minimum absolute atomic E-state index is 0.530. The summed E-state index contributed by atoms with van der Waals surface area (Å²) in [4.78, 5) is 16.4. The summed E-state index contributed by atoms with van der Waals surface area (Å²) in [6.07, 6.45) is 0.737. The van der Waals surface area contributed by atoms with Gasteiger partial charge >= 0.3 is 0 Å². The van der Waals surface area contributed by atoms with Crippen LogP contribution in [-0.4, -0.2) is 33.1 Å². The molecular weight excluding hydrogens is 460 g/mol. The minimum atomic E-state index is 0.530. The summed E-state index contributed by atoms with van der Waals surface area (Å²) in [7, 11) is 0. The fourth-order valence-corrected chi connectivity index (χ4v) is 4.50. The first-order chi connectivity index (χ1) is 18.1. The van der Waals surface area contributed by atoms with E-state index in [-0.39, 0.29) is 0 Å². The molecule has 0 saturated carbocycles. The molecule has 0 aliphatic heterocycles. The molecule has 0 saturated heterocycles. The molecule has 0 fully saturated rings. The van der Waals surface area contributed by atoms with Gasteiger partial charge in [0.15, 0.2) is 0 Å². The predicted octanol–water partition coefficient (Wildman–Crippen LogP) is 7.24. The molecule has 2 N–H and O–H groups in total. The summed E-state index contributed by atoms with van der Waals surface area (Å²) in [6.45, 7) is 5.22.